The second kappa shape index (κ2) is 5.22. The van der Waals surface area contributed by atoms with Gasteiger partial charge >= 0.3 is 0 Å². The number of allylic oxidation sites excluding steroid dienone is 7. The molecule has 0 spiro atoms. The molecule has 1 aliphatic rings. The molecule has 94 valence electrons. The van der Waals surface area contributed by atoms with E-state index in [2.05, 4.69) is 59.5 Å². The lowest BCUT2D eigenvalue weighted by Gasteiger charge is -2.31. The zero-order valence-electron chi connectivity index (χ0n) is 12.2. The lowest BCUT2D eigenvalue weighted by atomic mass is 10.1. The molecule has 0 unspecified atom stereocenters. The van der Waals surface area contributed by atoms with Crippen LogP contribution in [0.15, 0.2) is 47.1 Å². The second-order valence-electron chi connectivity index (χ2n) is 5.91. The third-order valence-corrected chi connectivity index (χ3v) is 8.03. The first-order valence-electron chi connectivity index (χ1n) is 6.45. The molecule has 0 atom stereocenters. The minimum absolute atomic E-state index is 0.733. The Morgan fingerprint density at radius 1 is 1.06 bits per heavy atom. The van der Waals surface area contributed by atoms with Gasteiger partial charge in [0, 0.05) is 0 Å². The fraction of sp³-hybridized carbons (Fsp3) is 0.500. The smallest absolute Gasteiger partial charge is 0.0632 e. The van der Waals surface area contributed by atoms with E-state index in [4.69, 9.17) is 0 Å². The highest BCUT2D eigenvalue weighted by Crippen LogP contribution is 2.47. The summed E-state index contributed by atoms with van der Waals surface area (Å²) in [5.74, 6) is 0. The first kappa shape index (κ1) is 14.2. The fourth-order valence-corrected chi connectivity index (χ4v) is 6.86. The van der Waals surface area contributed by atoms with Gasteiger partial charge < -0.3 is 0 Å². The van der Waals surface area contributed by atoms with Crippen LogP contribution in [0, 0.1) is 0 Å². The van der Waals surface area contributed by atoms with Crippen LogP contribution < -0.4 is 0 Å². The maximum Gasteiger partial charge on any atom is 0.0632 e. The average Bonchev–Trinajstić information content (AvgIpc) is 2.44. The number of rotatable bonds is 4. The SMILES string of the molecule is C=C/C=C/C[Si](C)(C)C1C(C)=C(C)C(C)=C1C. The first-order valence-corrected chi connectivity index (χ1v) is 9.74. The summed E-state index contributed by atoms with van der Waals surface area (Å²) in [7, 11) is -1.27. The maximum absolute atomic E-state index is 3.74. The lowest BCUT2D eigenvalue weighted by molar-refractivity contribution is 1.06. The monoisotopic (exact) mass is 246 g/mol. The van der Waals surface area contributed by atoms with Gasteiger partial charge in [0.05, 0.1) is 8.07 Å². The maximum atomic E-state index is 3.74. The van der Waals surface area contributed by atoms with Gasteiger partial charge in [-0.15, -0.1) is 0 Å². The molecule has 0 N–H and O–H groups in total. The minimum atomic E-state index is -1.27. The molecule has 0 heterocycles. The number of hydrogen-bond donors (Lipinski definition) is 0. The molecular weight excluding hydrogens is 220 g/mol. The summed E-state index contributed by atoms with van der Waals surface area (Å²) in [5.41, 5.74) is 7.02. The van der Waals surface area contributed by atoms with Crippen molar-refractivity contribution in [3.8, 4) is 0 Å². The van der Waals surface area contributed by atoms with Gasteiger partial charge in [-0.2, -0.15) is 0 Å². The summed E-state index contributed by atoms with van der Waals surface area (Å²) in [5, 5.41) is 0. The molecule has 1 aliphatic carbocycles. The van der Waals surface area contributed by atoms with Crippen molar-refractivity contribution < 1.29 is 0 Å². The Hall–Kier alpha value is -0.823. The molecule has 17 heavy (non-hydrogen) atoms. The predicted octanol–water partition coefficient (Wildman–Crippen LogP) is 5.49. The van der Waals surface area contributed by atoms with Gasteiger partial charge in [0.2, 0.25) is 0 Å². The van der Waals surface area contributed by atoms with E-state index in [1.54, 1.807) is 11.1 Å². The van der Waals surface area contributed by atoms with Gasteiger partial charge in [-0.25, -0.2) is 0 Å². The van der Waals surface area contributed by atoms with E-state index in [1.807, 2.05) is 6.08 Å². The zero-order valence-corrected chi connectivity index (χ0v) is 13.2. The van der Waals surface area contributed by atoms with Gasteiger partial charge in [-0.3, -0.25) is 0 Å². The standard InChI is InChI=1S/C16H26Si/c1-8-9-10-11-17(6,7)16-14(4)12(2)13(3)15(16)5/h8-10,16H,1,11H2,2-7H3/b10-9+. The zero-order chi connectivity index (χ0) is 13.2. The summed E-state index contributed by atoms with van der Waals surface area (Å²) < 4.78 is 0. The average molecular weight is 246 g/mol. The molecule has 0 saturated carbocycles. The van der Waals surface area contributed by atoms with Crippen molar-refractivity contribution in [2.75, 3.05) is 0 Å². The third kappa shape index (κ3) is 2.71. The third-order valence-electron chi connectivity index (χ3n) is 4.31. The quantitative estimate of drug-likeness (QED) is 0.454. The van der Waals surface area contributed by atoms with Crippen LogP contribution in [-0.2, 0) is 0 Å². The van der Waals surface area contributed by atoms with Crippen LogP contribution in [0.5, 0.6) is 0 Å². The van der Waals surface area contributed by atoms with Crippen LogP contribution in [0.25, 0.3) is 0 Å². The summed E-state index contributed by atoms with van der Waals surface area (Å²) in [6.07, 6.45) is 6.26. The Balaban J connectivity index is 3.01. The van der Waals surface area contributed by atoms with E-state index in [-0.39, 0.29) is 0 Å². The molecule has 0 aromatic heterocycles. The molecule has 0 aromatic carbocycles. The second-order valence-corrected chi connectivity index (χ2v) is 10.9. The molecule has 0 fully saturated rings. The van der Waals surface area contributed by atoms with Gasteiger partial charge in [0.1, 0.15) is 0 Å². The van der Waals surface area contributed by atoms with E-state index < -0.39 is 8.07 Å². The highest BCUT2D eigenvalue weighted by atomic mass is 28.3. The minimum Gasteiger partial charge on any atom is -0.0991 e. The molecular formula is C16H26Si. The van der Waals surface area contributed by atoms with E-state index >= 15 is 0 Å². The Bertz CT molecular complexity index is 381. The van der Waals surface area contributed by atoms with Crippen LogP contribution in [0.1, 0.15) is 27.7 Å². The summed E-state index contributed by atoms with van der Waals surface area (Å²) in [6, 6.07) is 1.24. The molecule has 0 aliphatic heterocycles. The molecule has 0 aromatic rings. The van der Waals surface area contributed by atoms with Crippen molar-refractivity contribution in [3.05, 3.63) is 47.1 Å². The van der Waals surface area contributed by atoms with E-state index in [1.165, 1.54) is 17.2 Å². The van der Waals surface area contributed by atoms with Crippen molar-refractivity contribution in [1.29, 1.82) is 0 Å². The van der Waals surface area contributed by atoms with Gasteiger partial charge in [0.15, 0.2) is 0 Å². The molecule has 1 rings (SSSR count). The summed E-state index contributed by atoms with van der Waals surface area (Å²) >= 11 is 0. The lowest BCUT2D eigenvalue weighted by Crippen LogP contribution is -2.32. The van der Waals surface area contributed by atoms with Crippen molar-refractivity contribution in [2.24, 2.45) is 0 Å². The molecule has 0 bridgehead atoms. The van der Waals surface area contributed by atoms with Crippen molar-refractivity contribution in [2.45, 2.75) is 52.4 Å². The Kier molecular flexibility index (Phi) is 4.37. The largest absolute Gasteiger partial charge is 0.0991 e. The van der Waals surface area contributed by atoms with Crippen molar-refractivity contribution in [3.63, 3.8) is 0 Å². The van der Waals surface area contributed by atoms with Crippen LogP contribution >= 0.6 is 0 Å². The Morgan fingerprint density at radius 3 is 1.94 bits per heavy atom. The molecule has 0 radical (unpaired) electrons. The topological polar surface area (TPSA) is 0 Å². The first-order chi connectivity index (χ1) is 7.83. The summed E-state index contributed by atoms with van der Waals surface area (Å²) in [6.45, 7) is 18.0. The molecule has 0 saturated heterocycles. The van der Waals surface area contributed by atoms with Crippen LogP contribution in [0.4, 0.5) is 0 Å². The van der Waals surface area contributed by atoms with Crippen LogP contribution in [-0.4, -0.2) is 8.07 Å². The van der Waals surface area contributed by atoms with Gasteiger partial charge in [0.25, 0.3) is 0 Å². The highest BCUT2D eigenvalue weighted by Gasteiger charge is 2.37. The van der Waals surface area contributed by atoms with Gasteiger partial charge in [-0.1, -0.05) is 49.0 Å². The normalized spacial score (nSPS) is 18.7. The Morgan fingerprint density at radius 2 is 1.53 bits per heavy atom. The summed E-state index contributed by atoms with van der Waals surface area (Å²) in [4.78, 5) is 0. The Labute approximate surface area is 108 Å². The fourth-order valence-electron chi connectivity index (χ4n) is 3.11. The van der Waals surface area contributed by atoms with E-state index in [0.717, 1.165) is 5.54 Å². The van der Waals surface area contributed by atoms with E-state index in [0.29, 0.717) is 0 Å². The van der Waals surface area contributed by atoms with Crippen molar-refractivity contribution in [1.82, 2.24) is 0 Å². The molecule has 0 nitrogen and oxygen atoms in total. The highest BCUT2D eigenvalue weighted by molar-refractivity contribution is 6.80. The van der Waals surface area contributed by atoms with Crippen LogP contribution in [0.3, 0.4) is 0 Å². The van der Waals surface area contributed by atoms with Gasteiger partial charge in [-0.05, 0) is 50.4 Å². The van der Waals surface area contributed by atoms with E-state index in [9.17, 15) is 0 Å². The van der Waals surface area contributed by atoms with Crippen LogP contribution in [0.2, 0.25) is 24.7 Å². The van der Waals surface area contributed by atoms with Crippen molar-refractivity contribution >= 4 is 8.07 Å². The number of hydrogen-bond acceptors (Lipinski definition) is 0. The predicted molar refractivity (Wildman–Crippen MR) is 82.1 cm³/mol. The molecule has 0 amide bonds. The molecule has 1 heteroatoms.